The fourth-order valence-electron chi connectivity index (χ4n) is 1.74. The SMILES string of the molecule is CCC(N)(CC)C(=O)Nc1ccc(Cl)c(C(=O)NC)c1. The monoisotopic (exact) mass is 297 g/mol. The second-order valence-electron chi connectivity index (χ2n) is 4.59. The fourth-order valence-corrected chi connectivity index (χ4v) is 1.94. The first kappa shape index (κ1) is 16.5. The van der Waals surface area contributed by atoms with Crippen LogP contribution in [0.2, 0.25) is 5.02 Å². The van der Waals surface area contributed by atoms with Crippen LogP contribution in [0.3, 0.4) is 0 Å². The summed E-state index contributed by atoms with van der Waals surface area (Å²) in [7, 11) is 1.52. The van der Waals surface area contributed by atoms with Gasteiger partial charge in [0.2, 0.25) is 5.91 Å². The van der Waals surface area contributed by atoms with Crippen LogP contribution in [0.5, 0.6) is 0 Å². The van der Waals surface area contributed by atoms with E-state index in [-0.39, 0.29) is 11.8 Å². The molecule has 0 fully saturated rings. The molecule has 0 bridgehead atoms. The molecule has 0 aromatic heterocycles. The molecule has 4 N–H and O–H groups in total. The third-order valence-electron chi connectivity index (χ3n) is 3.41. The molecule has 2 amide bonds. The molecule has 0 aliphatic heterocycles. The third kappa shape index (κ3) is 3.49. The molecule has 5 nitrogen and oxygen atoms in total. The summed E-state index contributed by atoms with van der Waals surface area (Å²) in [5.74, 6) is -0.580. The second-order valence-corrected chi connectivity index (χ2v) is 5.00. The number of anilines is 1. The second kappa shape index (κ2) is 6.72. The minimum atomic E-state index is -0.910. The van der Waals surface area contributed by atoms with Gasteiger partial charge < -0.3 is 16.4 Å². The predicted octanol–water partition coefficient (Wildman–Crippen LogP) is 2.16. The zero-order chi connectivity index (χ0) is 15.3. The lowest BCUT2D eigenvalue weighted by molar-refractivity contribution is -0.121. The standard InChI is InChI=1S/C14H20ClN3O2/c1-4-14(16,5-2)13(20)18-9-6-7-11(15)10(8-9)12(19)17-3/h6-8H,4-5,16H2,1-3H3,(H,17,19)(H,18,20). The van der Waals surface area contributed by atoms with E-state index < -0.39 is 5.54 Å². The Morgan fingerprint density at radius 1 is 1.30 bits per heavy atom. The van der Waals surface area contributed by atoms with Crippen molar-refractivity contribution in [1.29, 1.82) is 0 Å². The molecule has 1 aromatic carbocycles. The van der Waals surface area contributed by atoms with Gasteiger partial charge in [-0.3, -0.25) is 9.59 Å². The Hall–Kier alpha value is -1.59. The van der Waals surface area contributed by atoms with Gasteiger partial charge in [0.05, 0.1) is 16.1 Å². The Morgan fingerprint density at radius 2 is 1.90 bits per heavy atom. The van der Waals surface area contributed by atoms with E-state index in [1.807, 2.05) is 13.8 Å². The first-order valence-electron chi connectivity index (χ1n) is 6.50. The number of nitrogens with one attached hydrogen (secondary N) is 2. The van der Waals surface area contributed by atoms with Crippen molar-refractivity contribution in [2.45, 2.75) is 32.2 Å². The average Bonchev–Trinajstić information content (AvgIpc) is 2.47. The lowest BCUT2D eigenvalue weighted by Gasteiger charge is -2.25. The van der Waals surface area contributed by atoms with E-state index in [4.69, 9.17) is 17.3 Å². The summed E-state index contributed by atoms with van der Waals surface area (Å²) in [5, 5.41) is 5.55. The minimum absolute atomic E-state index is 0.271. The summed E-state index contributed by atoms with van der Waals surface area (Å²) < 4.78 is 0. The van der Waals surface area contributed by atoms with Crippen molar-refractivity contribution in [3.8, 4) is 0 Å². The molecule has 6 heteroatoms. The van der Waals surface area contributed by atoms with Crippen LogP contribution in [0.4, 0.5) is 5.69 Å². The first-order valence-corrected chi connectivity index (χ1v) is 6.87. The molecule has 1 rings (SSSR count). The van der Waals surface area contributed by atoms with Crippen LogP contribution in [0.15, 0.2) is 18.2 Å². The molecule has 0 aliphatic rings. The Kier molecular flexibility index (Phi) is 5.53. The van der Waals surface area contributed by atoms with Crippen molar-refractivity contribution in [2.24, 2.45) is 5.73 Å². The maximum atomic E-state index is 12.2. The van der Waals surface area contributed by atoms with Gasteiger partial charge in [0.25, 0.3) is 5.91 Å². The molecule has 20 heavy (non-hydrogen) atoms. The number of rotatable bonds is 5. The number of benzene rings is 1. The number of hydrogen-bond donors (Lipinski definition) is 3. The van der Waals surface area contributed by atoms with Crippen LogP contribution in [0.1, 0.15) is 37.0 Å². The summed E-state index contributed by atoms with van der Waals surface area (Å²) in [6, 6.07) is 4.74. The van der Waals surface area contributed by atoms with Crippen LogP contribution < -0.4 is 16.4 Å². The van der Waals surface area contributed by atoms with Crippen molar-refractivity contribution in [1.82, 2.24) is 5.32 Å². The highest BCUT2D eigenvalue weighted by molar-refractivity contribution is 6.34. The molecule has 0 aliphatic carbocycles. The molecular formula is C14H20ClN3O2. The molecule has 0 saturated carbocycles. The van der Waals surface area contributed by atoms with Crippen LogP contribution in [-0.4, -0.2) is 24.4 Å². The van der Waals surface area contributed by atoms with Crippen molar-refractivity contribution in [2.75, 3.05) is 12.4 Å². The number of nitrogens with two attached hydrogens (primary N) is 1. The smallest absolute Gasteiger partial charge is 0.252 e. The number of amides is 2. The summed E-state index contributed by atoms with van der Waals surface area (Å²) in [6.07, 6.45) is 1.07. The molecule has 0 spiro atoms. The largest absolute Gasteiger partial charge is 0.355 e. The Labute approximate surface area is 123 Å². The van der Waals surface area contributed by atoms with E-state index in [0.29, 0.717) is 29.1 Å². The van der Waals surface area contributed by atoms with Gasteiger partial charge in [0, 0.05) is 12.7 Å². The highest BCUT2D eigenvalue weighted by atomic mass is 35.5. The molecular weight excluding hydrogens is 278 g/mol. The molecule has 0 saturated heterocycles. The minimum Gasteiger partial charge on any atom is -0.355 e. The molecule has 1 aromatic rings. The van der Waals surface area contributed by atoms with Gasteiger partial charge in [-0.05, 0) is 31.0 Å². The summed E-state index contributed by atoms with van der Waals surface area (Å²) >= 11 is 5.95. The van der Waals surface area contributed by atoms with Gasteiger partial charge in [-0.15, -0.1) is 0 Å². The number of carbonyl (C=O) groups is 2. The molecule has 110 valence electrons. The van der Waals surface area contributed by atoms with E-state index in [0.717, 1.165) is 0 Å². The lowest BCUT2D eigenvalue weighted by Crippen LogP contribution is -2.50. The fraction of sp³-hybridized carbons (Fsp3) is 0.429. The zero-order valence-corrected chi connectivity index (χ0v) is 12.7. The quantitative estimate of drug-likeness (QED) is 0.778. The van der Waals surface area contributed by atoms with Crippen LogP contribution in [0.25, 0.3) is 0 Å². The number of halogens is 1. The van der Waals surface area contributed by atoms with Gasteiger partial charge in [-0.25, -0.2) is 0 Å². The lowest BCUT2D eigenvalue weighted by atomic mass is 9.93. The topological polar surface area (TPSA) is 84.2 Å². The van der Waals surface area contributed by atoms with Gasteiger partial charge in [-0.2, -0.15) is 0 Å². The van der Waals surface area contributed by atoms with Crippen molar-refractivity contribution in [3.05, 3.63) is 28.8 Å². The Morgan fingerprint density at radius 3 is 2.40 bits per heavy atom. The molecule has 0 heterocycles. The average molecular weight is 298 g/mol. The Bertz CT molecular complexity index is 513. The summed E-state index contributed by atoms with van der Waals surface area (Å²) in [6.45, 7) is 3.72. The van der Waals surface area contributed by atoms with Gasteiger partial charge in [-0.1, -0.05) is 25.4 Å². The predicted molar refractivity (Wildman–Crippen MR) is 81.0 cm³/mol. The van der Waals surface area contributed by atoms with E-state index in [2.05, 4.69) is 10.6 Å². The van der Waals surface area contributed by atoms with E-state index in [9.17, 15) is 9.59 Å². The third-order valence-corrected chi connectivity index (χ3v) is 3.74. The van der Waals surface area contributed by atoms with Crippen LogP contribution in [-0.2, 0) is 4.79 Å². The van der Waals surface area contributed by atoms with Gasteiger partial charge >= 0.3 is 0 Å². The molecule has 0 radical (unpaired) electrons. The molecule has 0 unspecified atom stereocenters. The molecule has 0 atom stereocenters. The van der Waals surface area contributed by atoms with Gasteiger partial charge in [0.15, 0.2) is 0 Å². The van der Waals surface area contributed by atoms with Crippen LogP contribution in [0, 0.1) is 0 Å². The maximum Gasteiger partial charge on any atom is 0.252 e. The zero-order valence-electron chi connectivity index (χ0n) is 11.9. The maximum absolute atomic E-state index is 12.2. The highest BCUT2D eigenvalue weighted by Crippen LogP contribution is 2.22. The van der Waals surface area contributed by atoms with Gasteiger partial charge in [0.1, 0.15) is 0 Å². The van der Waals surface area contributed by atoms with Crippen molar-refractivity contribution >= 4 is 29.1 Å². The number of carbonyl (C=O) groups excluding carboxylic acids is 2. The van der Waals surface area contributed by atoms with E-state index >= 15 is 0 Å². The van der Waals surface area contributed by atoms with E-state index in [1.54, 1.807) is 12.1 Å². The first-order chi connectivity index (χ1) is 9.37. The summed E-state index contributed by atoms with van der Waals surface area (Å²) in [4.78, 5) is 23.8. The normalized spacial score (nSPS) is 11.1. The van der Waals surface area contributed by atoms with Crippen molar-refractivity contribution < 1.29 is 9.59 Å². The Balaban J connectivity index is 3.00. The van der Waals surface area contributed by atoms with Crippen molar-refractivity contribution in [3.63, 3.8) is 0 Å². The van der Waals surface area contributed by atoms with E-state index in [1.165, 1.54) is 13.1 Å². The van der Waals surface area contributed by atoms with Crippen LogP contribution >= 0.6 is 11.6 Å². The summed E-state index contributed by atoms with van der Waals surface area (Å²) in [5.41, 5.74) is 5.92. The number of hydrogen-bond acceptors (Lipinski definition) is 3. The highest BCUT2D eigenvalue weighted by Gasteiger charge is 2.30.